The van der Waals surface area contributed by atoms with Gasteiger partial charge in [-0.25, -0.2) is 19.2 Å². The van der Waals surface area contributed by atoms with Gasteiger partial charge in [0.1, 0.15) is 24.3 Å². The van der Waals surface area contributed by atoms with Crippen LogP contribution in [0.1, 0.15) is 78.4 Å². The summed E-state index contributed by atoms with van der Waals surface area (Å²) in [7, 11) is 2.96. The van der Waals surface area contributed by atoms with E-state index in [1.165, 1.54) is 30.8 Å². The Morgan fingerprint density at radius 1 is 0.800 bits per heavy atom. The highest BCUT2D eigenvalue weighted by Gasteiger charge is 2.41. The molecule has 4 atom stereocenters. The molecule has 1 saturated heterocycles. The average Bonchev–Trinajstić information content (AvgIpc) is 3.98. The zero-order valence-corrected chi connectivity index (χ0v) is 33.7. The smallest absolute Gasteiger partial charge is 0.410 e. The van der Waals surface area contributed by atoms with Crippen molar-refractivity contribution in [3.63, 3.8) is 0 Å². The van der Waals surface area contributed by atoms with Gasteiger partial charge in [-0.2, -0.15) is 0 Å². The first-order chi connectivity index (χ1) is 26.0. The second kappa shape index (κ2) is 19.8. The van der Waals surface area contributed by atoms with Crippen molar-refractivity contribution in [3.05, 3.63) is 65.7 Å². The minimum atomic E-state index is -1.35. The summed E-state index contributed by atoms with van der Waals surface area (Å²) in [5.74, 6) is -2.69. The molecule has 1 saturated carbocycles. The fourth-order valence-corrected chi connectivity index (χ4v) is 6.21. The molecule has 55 heavy (non-hydrogen) atoms. The molecule has 302 valence electrons. The molecule has 2 aliphatic rings. The van der Waals surface area contributed by atoms with Crippen molar-refractivity contribution in [2.75, 3.05) is 45.3 Å². The fraction of sp³-hybridized carbons (Fsp3) is 0.595. The number of morpholine rings is 1. The van der Waals surface area contributed by atoms with Gasteiger partial charge < -0.3 is 33.5 Å². The van der Waals surface area contributed by atoms with E-state index in [4.69, 9.17) is 23.7 Å². The zero-order chi connectivity index (χ0) is 40.3. The topological polar surface area (TPSA) is 141 Å². The molecule has 2 fully saturated rings. The van der Waals surface area contributed by atoms with Gasteiger partial charge in [-0.05, 0) is 75.6 Å². The van der Waals surface area contributed by atoms with Crippen LogP contribution in [0.3, 0.4) is 0 Å². The van der Waals surface area contributed by atoms with Crippen LogP contribution in [-0.4, -0.2) is 110 Å². The van der Waals surface area contributed by atoms with Crippen molar-refractivity contribution in [1.82, 2.24) is 9.80 Å². The summed E-state index contributed by atoms with van der Waals surface area (Å²) in [5.41, 5.74) is 1.73. The predicted octanol–water partition coefficient (Wildman–Crippen LogP) is 5.56. The molecule has 13 heteroatoms. The molecule has 1 aliphatic heterocycles. The summed E-state index contributed by atoms with van der Waals surface area (Å²) in [6.07, 6.45) is -0.835. The summed E-state index contributed by atoms with van der Waals surface area (Å²) >= 11 is 0. The number of hydrogen-bond acceptors (Lipinski definition) is 11. The van der Waals surface area contributed by atoms with Crippen molar-refractivity contribution in [1.29, 1.82) is 0 Å². The maximum atomic E-state index is 14.5. The molecule has 4 unspecified atom stereocenters. The minimum Gasteiger partial charge on any atom is -0.458 e. The molecular weight excluding hydrogens is 706 g/mol. The highest BCUT2D eigenvalue weighted by Crippen LogP contribution is 2.35. The van der Waals surface area contributed by atoms with E-state index in [1.807, 2.05) is 68.4 Å². The van der Waals surface area contributed by atoms with E-state index < -0.39 is 59.8 Å². The van der Waals surface area contributed by atoms with Crippen LogP contribution in [0.4, 0.5) is 10.5 Å². The molecule has 2 aromatic rings. The number of anilines is 1. The lowest BCUT2D eigenvalue weighted by Gasteiger charge is -2.33. The molecule has 0 radical (unpaired) electrons. The Morgan fingerprint density at radius 3 is 2.00 bits per heavy atom. The number of benzene rings is 2. The number of carbonyl (C=O) groups excluding carboxylic acids is 5. The molecule has 0 bridgehead atoms. The van der Waals surface area contributed by atoms with Crippen molar-refractivity contribution in [2.45, 2.75) is 110 Å². The van der Waals surface area contributed by atoms with Crippen molar-refractivity contribution < 1.29 is 47.7 Å². The van der Waals surface area contributed by atoms with Gasteiger partial charge in [-0.3, -0.25) is 9.69 Å². The third kappa shape index (κ3) is 13.6. The third-order valence-electron chi connectivity index (χ3n) is 9.57. The van der Waals surface area contributed by atoms with E-state index in [1.54, 1.807) is 20.8 Å². The summed E-state index contributed by atoms with van der Waals surface area (Å²) in [6, 6.07) is 14.7. The van der Waals surface area contributed by atoms with E-state index in [2.05, 4.69) is 4.90 Å². The maximum absolute atomic E-state index is 14.5. The lowest BCUT2D eigenvalue weighted by atomic mass is 10.0. The number of likely N-dealkylation sites (N-methyl/N-ethyl adjacent to an activating group) is 2. The SMILES string of the molecule is CC(C)CC(C(=O)OC(C)C(=O)OCc1ccccc1)N(C)C(=O)C(Cc1ccc(N2CCOCC2)cc1)OC(=O)C(CC1CC1)N(C)C(=O)OC(C)(C)C. The highest BCUT2D eigenvalue weighted by atomic mass is 16.6. The average molecular weight is 766 g/mol. The molecule has 4 rings (SSSR count). The van der Waals surface area contributed by atoms with Gasteiger partial charge >= 0.3 is 24.0 Å². The van der Waals surface area contributed by atoms with Crippen LogP contribution < -0.4 is 4.90 Å². The van der Waals surface area contributed by atoms with Gasteiger partial charge in [-0.1, -0.05) is 69.2 Å². The molecule has 0 spiro atoms. The molecule has 0 N–H and O–H groups in total. The van der Waals surface area contributed by atoms with E-state index in [0.29, 0.717) is 19.6 Å². The quantitative estimate of drug-likeness (QED) is 0.148. The normalized spacial score (nSPS) is 16.6. The van der Waals surface area contributed by atoms with E-state index in [-0.39, 0.29) is 31.3 Å². The van der Waals surface area contributed by atoms with Crippen LogP contribution in [0.2, 0.25) is 0 Å². The largest absolute Gasteiger partial charge is 0.458 e. The summed E-state index contributed by atoms with van der Waals surface area (Å²) in [6.45, 7) is 13.3. The Bertz CT molecular complexity index is 1580. The molecule has 2 amide bonds. The predicted molar refractivity (Wildman–Crippen MR) is 206 cm³/mol. The highest BCUT2D eigenvalue weighted by molar-refractivity contribution is 5.90. The van der Waals surface area contributed by atoms with Crippen LogP contribution >= 0.6 is 0 Å². The Balaban J connectivity index is 1.56. The molecular formula is C42H59N3O10. The van der Waals surface area contributed by atoms with Gasteiger partial charge in [0, 0.05) is 39.3 Å². The van der Waals surface area contributed by atoms with Gasteiger partial charge in [0.15, 0.2) is 12.2 Å². The zero-order valence-electron chi connectivity index (χ0n) is 33.7. The first-order valence-electron chi connectivity index (χ1n) is 19.3. The lowest BCUT2D eigenvalue weighted by Crippen LogP contribution is -2.52. The van der Waals surface area contributed by atoms with Crippen molar-refractivity contribution in [2.24, 2.45) is 11.8 Å². The molecule has 1 heterocycles. The van der Waals surface area contributed by atoms with Crippen LogP contribution in [0.25, 0.3) is 0 Å². The fourth-order valence-electron chi connectivity index (χ4n) is 6.21. The van der Waals surface area contributed by atoms with Gasteiger partial charge in [0.2, 0.25) is 0 Å². The van der Waals surface area contributed by atoms with Gasteiger partial charge in [-0.15, -0.1) is 0 Å². The summed E-state index contributed by atoms with van der Waals surface area (Å²) in [4.78, 5) is 72.9. The number of esters is 3. The van der Waals surface area contributed by atoms with Crippen molar-refractivity contribution in [3.8, 4) is 0 Å². The Labute approximate surface area is 325 Å². The second-order valence-corrected chi connectivity index (χ2v) is 15.9. The number of hydrogen-bond donors (Lipinski definition) is 0. The molecule has 1 aliphatic carbocycles. The standard InChI is InChI=1S/C42H59N3O10/c1-28(2)24-34(39(48)53-29(3)38(47)52-27-32-12-10-9-11-13-32)43(7)37(46)36(26-31-16-18-33(19-17-31)45-20-22-51-23-21-45)54-40(49)35(25-30-14-15-30)44(8)41(50)55-42(4,5)6/h9-13,16-19,28-30,34-36H,14-15,20-27H2,1-8H3. The van der Waals surface area contributed by atoms with Gasteiger partial charge in [0.25, 0.3) is 5.91 Å². The van der Waals surface area contributed by atoms with E-state index in [9.17, 15) is 24.0 Å². The third-order valence-corrected chi connectivity index (χ3v) is 9.57. The minimum absolute atomic E-state index is 0.0102. The number of nitrogens with zero attached hydrogens (tertiary/aromatic N) is 3. The number of ether oxygens (including phenoxy) is 5. The first kappa shape index (κ1) is 43.1. The molecule has 2 aromatic carbocycles. The van der Waals surface area contributed by atoms with E-state index in [0.717, 1.165) is 42.7 Å². The Morgan fingerprint density at radius 2 is 1.42 bits per heavy atom. The summed E-state index contributed by atoms with van der Waals surface area (Å²) in [5, 5.41) is 0. The molecule has 0 aromatic heterocycles. The van der Waals surface area contributed by atoms with E-state index >= 15 is 0 Å². The molecule has 13 nitrogen and oxygen atoms in total. The van der Waals surface area contributed by atoms with Gasteiger partial charge in [0.05, 0.1) is 13.2 Å². The first-order valence-corrected chi connectivity index (χ1v) is 19.3. The number of amides is 2. The Hall–Kier alpha value is -4.65. The number of rotatable bonds is 17. The van der Waals surface area contributed by atoms with Crippen LogP contribution in [-0.2, 0) is 55.9 Å². The summed E-state index contributed by atoms with van der Waals surface area (Å²) < 4.78 is 28.1. The monoisotopic (exact) mass is 765 g/mol. The lowest BCUT2D eigenvalue weighted by molar-refractivity contribution is -0.174. The maximum Gasteiger partial charge on any atom is 0.410 e. The van der Waals surface area contributed by atoms with Crippen LogP contribution in [0, 0.1) is 11.8 Å². The number of carbonyl (C=O) groups is 5. The van der Waals surface area contributed by atoms with Crippen molar-refractivity contribution >= 4 is 35.6 Å². The Kier molecular flexibility index (Phi) is 15.5. The second-order valence-electron chi connectivity index (χ2n) is 15.9. The van der Waals surface area contributed by atoms with Crippen LogP contribution in [0.15, 0.2) is 54.6 Å². The van der Waals surface area contributed by atoms with Crippen LogP contribution in [0.5, 0.6) is 0 Å².